The first kappa shape index (κ1) is 14.9. The van der Waals surface area contributed by atoms with Gasteiger partial charge in [-0.25, -0.2) is 0 Å². The molecule has 0 fully saturated rings. The molecule has 5 nitrogen and oxygen atoms in total. The highest BCUT2D eigenvalue weighted by Gasteiger charge is 2.35. The number of rotatable bonds is 4. The van der Waals surface area contributed by atoms with Gasteiger partial charge in [0.25, 0.3) is 0 Å². The highest BCUT2D eigenvalue weighted by molar-refractivity contribution is 5.98. The van der Waals surface area contributed by atoms with Crippen LogP contribution in [0.5, 0.6) is 5.75 Å². The second kappa shape index (κ2) is 5.25. The van der Waals surface area contributed by atoms with Crippen molar-refractivity contribution in [1.82, 2.24) is 0 Å². The standard InChI is InChI=1S/C11H10F3NO4/c1-3-19-10-8(6(2)16)4-7(11(12,13)14)5-9(10)15(17)18/h4-5H,3H2,1-2H3. The molecular formula is C11H10F3NO4. The molecule has 0 heterocycles. The number of ether oxygens (including phenoxy) is 1. The van der Waals surface area contributed by atoms with E-state index in [1.165, 1.54) is 6.92 Å². The zero-order valence-electron chi connectivity index (χ0n) is 10.1. The number of benzene rings is 1. The van der Waals surface area contributed by atoms with Crippen molar-refractivity contribution in [3.05, 3.63) is 33.4 Å². The molecule has 0 radical (unpaired) electrons. The number of alkyl halides is 3. The van der Waals surface area contributed by atoms with Gasteiger partial charge in [-0.1, -0.05) is 0 Å². The van der Waals surface area contributed by atoms with Crippen LogP contribution in [-0.4, -0.2) is 17.3 Å². The van der Waals surface area contributed by atoms with E-state index in [1.807, 2.05) is 0 Å². The van der Waals surface area contributed by atoms with Gasteiger partial charge in [0.15, 0.2) is 5.78 Å². The summed E-state index contributed by atoms with van der Waals surface area (Å²) in [4.78, 5) is 21.1. The van der Waals surface area contributed by atoms with E-state index in [-0.39, 0.29) is 6.61 Å². The van der Waals surface area contributed by atoms with Crippen LogP contribution >= 0.6 is 0 Å². The normalized spacial score (nSPS) is 11.2. The Morgan fingerprint density at radius 2 is 2.00 bits per heavy atom. The minimum absolute atomic E-state index is 0.00746. The Kier molecular flexibility index (Phi) is 4.13. The Bertz CT molecular complexity index is 490. The van der Waals surface area contributed by atoms with Crippen LogP contribution in [0.2, 0.25) is 0 Å². The SMILES string of the molecule is CCOc1c(C(C)=O)cc(C(F)(F)F)cc1[N+](=O)[O-]. The number of carbonyl (C=O) groups is 1. The van der Waals surface area contributed by atoms with Gasteiger partial charge in [0, 0.05) is 6.07 Å². The molecule has 0 atom stereocenters. The molecule has 0 unspecified atom stereocenters. The highest BCUT2D eigenvalue weighted by Crippen LogP contribution is 2.39. The molecule has 1 aromatic rings. The molecule has 19 heavy (non-hydrogen) atoms. The van der Waals surface area contributed by atoms with Crippen molar-refractivity contribution in [2.75, 3.05) is 6.61 Å². The molecule has 1 rings (SSSR count). The zero-order chi connectivity index (χ0) is 14.8. The summed E-state index contributed by atoms with van der Waals surface area (Å²) in [5.41, 5.74) is -2.59. The fraction of sp³-hybridized carbons (Fsp3) is 0.364. The minimum atomic E-state index is -4.78. The first-order valence-electron chi connectivity index (χ1n) is 5.21. The first-order chi connectivity index (χ1) is 8.68. The molecule has 0 aliphatic heterocycles. The number of nitro benzene ring substituents is 1. The van der Waals surface area contributed by atoms with Crippen molar-refractivity contribution in [1.29, 1.82) is 0 Å². The molecule has 1 aromatic carbocycles. The number of hydrogen-bond acceptors (Lipinski definition) is 4. The summed E-state index contributed by atoms with van der Waals surface area (Å²) in [6.45, 7) is 2.51. The third kappa shape index (κ3) is 3.21. The van der Waals surface area contributed by atoms with Crippen LogP contribution in [0, 0.1) is 10.1 Å². The highest BCUT2D eigenvalue weighted by atomic mass is 19.4. The predicted molar refractivity (Wildman–Crippen MR) is 59.3 cm³/mol. The quantitative estimate of drug-likeness (QED) is 0.481. The van der Waals surface area contributed by atoms with Crippen LogP contribution < -0.4 is 4.74 Å². The van der Waals surface area contributed by atoms with E-state index in [0.29, 0.717) is 12.1 Å². The Morgan fingerprint density at radius 3 is 2.37 bits per heavy atom. The molecule has 104 valence electrons. The topological polar surface area (TPSA) is 69.4 Å². The zero-order valence-corrected chi connectivity index (χ0v) is 10.1. The van der Waals surface area contributed by atoms with Gasteiger partial charge < -0.3 is 4.74 Å². The average Bonchev–Trinajstić information content (AvgIpc) is 2.27. The summed E-state index contributed by atoms with van der Waals surface area (Å²) in [6.07, 6.45) is -4.78. The van der Waals surface area contributed by atoms with Crippen LogP contribution in [0.4, 0.5) is 18.9 Å². The van der Waals surface area contributed by atoms with Gasteiger partial charge in [0.2, 0.25) is 5.75 Å². The van der Waals surface area contributed by atoms with Crippen molar-refractivity contribution in [3.8, 4) is 5.75 Å². The van der Waals surface area contributed by atoms with Gasteiger partial charge in [0.1, 0.15) is 0 Å². The van der Waals surface area contributed by atoms with E-state index < -0.39 is 39.4 Å². The summed E-state index contributed by atoms with van der Waals surface area (Å²) in [6, 6.07) is 0.914. The van der Waals surface area contributed by atoms with E-state index >= 15 is 0 Å². The summed E-state index contributed by atoms with van der Waals surface area (Å²) < 4.78 is 42.8. The first-order valence-corrected chi connectivity index (χ1v) is 5.21. The van der Waals surface area contributed by atoms with E-state index in [9.17, 15) is 28.1 Å². The molecule has 0 aliphatic carbocycles. The maximum Gasteiger partial charge on any atom is 0.416 e. The number of nitro groups is 1. The summed E-state index contributed by atoms with van der Waals surface area (Å²) >= 11 is 0. The molecule has 8 heteroatoms. The lowest BCUT2D eigenvalue weighted by atomic mass is 10.0. The van der Waals surface area contributed by atoms with E-state index in [1.54, 1.807) is 0 Å². The van der Waals surface area contributed by atoms with Gasteiger partial charge in [-0.05, 0) is 19.9 Å². The molecule has 0 N–H and O–H groups in total. The fourth-order valence-electron chi connectivity index (χ4n) is 1.47. The van der Waals surface area contributed by atoms with E-state index in [4.69, 9.17) is 4.74 Å². The Hall–Kier alpha value is -2.12. The van der Waals surface area contributed by atoms with Gasteiger partial charge in [-0.3, -0.25) is 14.9 Å². The van der Waals surface area contributed by atoms with Gasteiger partial charge in [-0.2, -0.15) is 13.2 Å². The Balaban J connectivity index is 3.62. The number of carbonyl (C=O) groups excluding carboxylic acids is 1. The molecule has 0 aliphatic rings. The molecule has 0 bridgehead atoms. The maximum atomic E-state index is 12.6. The van der Waals surface area contributed by atoms with Crippen LogP contribution in [0.3, 0.4) is 0 Å². The molecular weight excluding hydrogens is 267 g/mol. The number of nitrogens with zero attached hydrogens (tertiary/aromatic N) is 1. The smallest absolute Gasteiger partial charge is 0.416 e. The van der Waals surface area contributed by atoms with Crippen LogP contribution in [-0.2, 0) is 6.18 Å². The average molecular weight is 277 g/mol. The Morgan fingerprint density at radius 1 is 1.42 bits per heavy atom. The van der Waals surface area contributed by atoms with Crippen LogP contribution in [0.1, 0.15) is 29.8 Å². The monoisotopic (exact) mass is 277 g/mol. The second-order valence-corrected chi connectivity index (χ2v) is 3.62. The minimum Gasteiger partial charge on any atom is -0.487 e. The molecule has 0 saturated carbocycles. The molecule has 0 saturated heterocycles. The van der Waals surface area contributed by atoms with Crippen molar-refractivity contribution in [3.63, 3.8) is 0 Å². The molecule has 0 spiro atoms. The lowest BCUT2D eigenvalue weighted by molar-refractivity contribution is -0.386. The third-order valence-electron chi connectivity index (χ3n) is 2.26. The fourth-order valence-corrected chi connectivity index (χ4v) is 1.47. The Labute approximate surface area is 106 Å². The third-order valence-corrected chi connectivity index (χ3v) is 2.26. The van der Waals surface area contributed by atoms with Gasteiger partial charge in [-0.15, -0.1) is 0 Å². The maximum absolute atomic E-state index is 12.6. The summed E-state index contributed by atoms with van der Waals surface area (Å²) in [5.74, 6) is -1.18. The lowest BCUT2D eigenvalue weighted by Gasteiger charge is -2.12. The molecule has 0 amide bonds. The molecule has 0 aromatic heterocycles. The largest absolute Gasteiger partial charge is 0.487 e. The van der Waals surface area contributed by atoms with Crippen LogP contribution in [0.15, 0.2) is 12.1 Å². The number of Topliss-reactive ketones (excluding diaryl/α,β-unsaturated/α-hetero) is 1. The predicted octanol–water partition coefficient (Wildman–Crippen LogP) is 3.21. The van der Waals surface area contributed by atoms with E-state index in [0.717, 1.165) is 6.92 Å². The number of ketones is 1. The van der Waals surface area contributed by atoms with Crippen molar-refractivity contribution >= 4 is 11.5 Å². The van der Waals surface area contributed by atoms with Crippen molar-refractivity contribution in [2.45, 2.75) is 20.0 Å². The van der Waals surface area contributed by atoms with Crippen molar-refractivity contribution in [2.24, 2.45) is 0 Å². The van der Waals surface area contributed by atoms with Crippen molar-refractivity contribution < 1.29 is 27.6 Å². The summed E-state index contributed by atoms with van der Waals surface area (Å²) in [7, 11) is 0. The van der Waals surface area contributed by atoms with Gasteiger partial charge in [0.05, 0.1) is 22.7 Å². The summed E-state index contributed by atoms with van der Waals surface area (Å²) in [5, 5.41) is 10.8. The van der Waals surface area contributed by atoms with Gasteiger partial charge >= 0.3 is 11.9 Å². The lowest BCUT2D eigenvalue weighted by Crippen LogP contribution is -2.11. The number of halogens is 3. The van der Waals surface area contributed by atoms with E-state index in [2.05, 4.69) is 0 Å². The second-order valence-electron chi connectivity index (χ2n) is 3.62. The number of hydrogen-bond donors (Lipinski definition) is 0. The van der Waals surface area contributed by atoms with Crippen LogP contribution in [0.25, 0.3) is 0 Å².